The molecule has 1 atom stereocenters. The molecular formula is C19H20BrN3O. The third-order valence-electron chi connectivity index (χ3n) is 5.02. The molecule has 1 unspecified atom stereocenters. The van der Waals surface area contributed by atoms with E-state index in [-0.39, 0.29) is 5.92 Å². The molecule has 0 saturated carbocycles. The van der Waals surface area contributed by atoms with E-state index in [4.69, 9.17) is 0 Å². The van der Waals surface area contributed by atoms with Gasteiger partial charge < -0.3 is 9.80 Å². The fourth-order valence-electron chi connectivity index (χ4n) is 3.71. The number of carbonyl (C=O) groups excluding carboxylic acids is 1. The van der Waals surface area contributed by atoms with Crippen LogP contribution in [0, 0.1) is 5.92 Å². The van der Waals surface area contributed by atoms with Crippen LogP contribution in [0.3, 0.4) is 0 Å². The number of halogens is 1. The number of amides is 1. The molecule has 2 aromatic rings. The van der Waals surface area contributed by atoms with Gasteiger partial charge in [0.2, 0.25) is 5.91 Å². The molecule has 1 amide bonds. The SMILES string of the molecule is O=C(C1CCN(c2ncccc2Br)C1)N1CCc2ccccc2C1. The van der Waals surface area contributed by atoms with Crippen molar-refractivity contribution in [2.24, 2.45) is 5.92 Å². The van der Waals surface area contributed by atoms with Crippen molar-refractivity contribution in [3.05, 3.63) is 58.2 Å². The Hall–Kier alpha value is -1.88. The van der Waals surface area contributed by atoms with Crippen LogP contribution in [-0.2, 0) is 17.8 Å². The van der Waals surface area contributed by atoms with E-state index in [2.05, 4.69) is 50.1 Å². The Labute approximate surface area is 150 Å². The topological polar surface area (TPSA) is 36.4 Å². The first-order valence-corrected chi connectivity index (χ1v) is 9.23. The number of nitrogens with zero attached hydrogens (tertiary/aromatic N) is 3. The lowest BCUT2D eigenvalue weighted by atomic mass is 9.98. The Balaban J connectivity index is 1.44. The Morgan fingerprint density at radius 3 is 2.79 bits per heavy atom. The van der Waals surface area contributed by atoms with E-state index in [1.165, 1.54) is 11.1 Å². The van der Waals surface area contributed by atoms with Crippen molar-refractivity contribution in [3.63, 3.8) is 0 Å². The zero-order valence-corrected chi connectivity index (χ0v) is 15.1. The van der Waals surface area contributed by atoms with Crippen molar-refractivity contribution in [3.8, 4) is 0 Å². The first kappa shape index (κ1) is 15.6. The minimum atomic E-state index is 0.0733. The molecule has 124 valence electrons. The largest absolute Gasteiger partial charge is 0.355 e. The number of carbonyl (C=O) groups is 1. The number of benzene rings is 1. The number of hydrogen-bond acceptors (Lipinski definition) is 3. The van der Waals surface area contributed by atoms with Crippen LogP contribution in [0.25, 0.3) is 0 Å². The van der Waals surface area contributed by atoms with Gasteiger partial charge in [-0.15, -0.1) is 0 Å². The number of rotatable bonds is 2. The fourth-order valence-corrected chi connectivity index (χ4v) is 4.21. The smallest absolute Gasteiger partial charge is 0.227 e. The average Bonchev–Trinajstić information content (AvgIpc) is 3.11. The van der Waals surface area contributed by atoms with Gasteiger partial charge in [0.25, 0.3) is 0 Å². The third kappa shape index (κ3) is 2.93. The standard InChI is InChI=1S/C19H20BrN3O/c20-17-6-3-9-21-18(17)22-10-8-16(13-22)19(24)23-11-7-14-4-1-2-5-15(14)12-23/h1-6,9,16H,7-8,10-13H2. The molecule has 2 aliphatic heterocycles. The summed E-state index contributed by atoms with van der Waals surface area (Å²) in [7, 11) is 0. The molecule has 0 N–H and O–H groups in total. The van der Waals surface area contributed by atoms with Crippen LogP contribution in [-0.4, -0.2) is 35.4 Å². The van der Waals surface area contributed by atoms with Crippen LogP contribution < -0.4 is 4.90 Å². The lowest BCUT2D eigenvalue weighted by molar-refractivity contribution is -0.135. The molecule has 1 fully saturated rings. The second-order valence-corrected chi connectivity index (χ2v) is 7.37. The molecule has 0 spiro atoms. The van der Waals surface area contributed by atoms with E-state index in [9.17, 15) is 4.79 Å². The minimum absolute atomic E-state index is 0.0733. The van der Waals surface area contributed by atoms with E-state index < -0.39 is 0 Å². The van der Waals surface area contributed by atoms with Crippen LogP contribution in [0.1, 0.15) is 17.5 Å². The molecular weight excluding hydrogens is 366 g/mol. The highest BCUT2D eigenvalue weighted by Crippen LogP contribution is 2.30. The van der Waals surface area contributed by atoms with Crippen LogP contribution in [0.15, 0.2) is 47.1 Å². The third-order valence-corrected chi connectivity index (χ3v) is 5.64. The Morgan fingerprint density at radius 2 is 1.96 bits per heavy atom. The summed E-state index contributed by atoms with van der Waals surface area (Å²) in [6.45, 7) is 3.22. The monoisotopic (exact) mass is 385 g/mol. The second-order valence-electron chi connectivity index (χ2n) is 6.52. The quantitative estimate of drug-likeness (QED) is 0.795. The van der Waals surface area contributed by atoms with Crippen LogP contribution in [0.2, 0.25) is 0 Å². The van der Waals surface area contributed by atoms with Gasteiger partial charge in [-0.2, -0.15) is 0 Å². The summed E-state index contributed by atoms with van der Waals surface area (Å²) < 4.78 is 0.991. The maximum Gasteiger partial charge on any atom is 0.227 e. The summed E-state index contributed by atoms with van der Waals surface area (Å²) in [5.41, 5.74) is 2.67. The first-order chi connectivity index (χ1) is 11.7. The number of anilines is 1. The van der Waals surface area contributed by atoms with Gasteiger partial charge in [0.15, 0.2) is 0 Å². The van der Waals surface area contributed by atoms with Crippen LogP contribution in [0.4, 0.5) is 5.82 Å². The summed E-state index contributed by atoms with van der Waals surface area (Å²) in [5.74, 6) is 1.31. The van der Waals surface area contributed by atoms with Gasteiger partial charge in [0, 0.05) is 32.4 Å². The summed E-state index contributed by atoms with van der Waals surface area (Å²) in [4.78, 5) is 21.6. The first-order valence-electron chi connectivity index (χ1n) is 8.43. The van der Waals surface area contributed by atoms with Gasteiger partial charge in [-0.1, -0.05) is 24.3 Å². The number of pyridine rings is 1. The molecule has 0 bridgehead atoms. The normalized spacial score (nSPS) is 20.1. The summed E-state index contributed by atoms with van der Waals surface area (Å²) in [6.07, 6.45) is 3.67. The Bertz CT molecular complexity index is 764. The van der Waals surface area contributed by atoms with Crippen molar-refractivity contribution < 1.29 is 4.79 Å². The van der Waals surface area contributed by atoms with Gasteiger partial charge in [-0.3, -0.25) is 4.79 Å². The molecule has 4 nitrogen and oxygen atoms in total. The maximum absolute atomic E-state index is 12.9. The highest BCUT2D eigenvalue weighted by molar-refractivity contribution is 9.10. The van der Waals surface area contributed by atoms with Gasteiger partial charge in [0.1, 0.15) is 5.82 Å². The molecule has 4 rings (SSSR count). The highest BCUT2D eigenvalue weighted by atomic mass is 79.9. The van der Waals surface area contributed by atoms with Crippen LogP contribution >= 0.6 is 15.9 Å². The van der Waals surface area contributed by atoms with Crippen molar-refractivity contribution in [1.29, 1.82) is 0 Å². The van der Waals surface area contributed by atoms with Gasteiger partial charge in [0.05, 0.1) is 10.4 Å². The van der Waals surface area contributed by atoms with Gasteiger partial charge in [-0.05, 0) is 52.0 Å². The van der Waals surface area contributed by atoms with E-state index >= 15 is 0 Å². The number of hydrogen-bond donors (Lipinski definition) is 0. The predicted molar refractivity (Wildman–Crippen MR) is 97.8 cm³/mol. The summed E-state index contributed by atoms with van der Waals surface area (Å²) >= 11 is 3.56. The van der Waals surface area contributed by atoms with Gasteiger partial charge in [-0.25, -0.2) is 4.98 Å². The minimum Gasteiger partial charge on any atom is -0.355 e. The summed E-state index contributed by atoms with van der Waals surface area (Å²) in [5, 5.41) is 0. The second kappa shape index (κ2) is 6.55. The molecule has 1 aromatic carbocycles. The zero-order valence-electron chi connectivity index (χ0n) is 13.5. The highest BCUT2D eigenvalue weighted by Gasteiger charge is 2.33. The van der Waals surface area contributed by atoms with E-state index in [0.717, 1.165) is 49.3 Å². The average molecular weight is 386 g/mol. The molecule has 2 aliphatic rings. The molecule has 0 aliphatic carbocycles. The van der Waals surface area contributed by atoms with E-state index in [1.54, 1.807) is 6.20 Å². The van der Waals surface area contributed by atoms with Crippen molar-refractivity contribution in [1.82, 2.24) is 9.88 Å². The van der Waals surface area contributed by atoms with Crippen molar-refractivity contribution in [2.75, 3.05) is 24.5 Å². The van der Waals surface area contributed by atoms with Gasteiger partial charge >= 0.3 is 0 Å². The Kier molecular flexibility index (Phi) is 4.27. The lowest BCUT2D eigenvalue weighted by Crippen LogP contribution is -2.40. The number of aromatic nitrogens is 1. The molecule has 24 heavy (non-hydrogen) atoms. The van der Waals surface area contributed by atoms with Crippen molar-refractivity contribution in [2.45, 2.75) is 19.4 Å². The fraction of sp³-hybridized carbons (Fsp3) is 0.368. The van der Waals surface area contributed by atoms with E-state index in [0.29, 0.717) is 5.91 Å². The van der Waals surface area contributed by atoms with Crippen LogP contribution in [0.5, 0.6) is 0 Å². The van der Waals surface area contributed by atoms with E-state index in [1.807, 2.05) is 17.0 Å². The Morgan fingerprint density at radius 1 is 1.12 bits per heavy atom. The predicted octanol–water partition coefficient (Wildman–Crippen LogP) is 3.26. The molecule has 1 saturated heterocycles. The zero-order chi connectivity index (χ0) is 16.5. The summed E-state index contributed by atoms with van der Waals surface area (Å²) in [6, 6.07) is 12.4. The molecule has 5 heteroatoms. The maximum atomic E-state index is 12.9. The molecule has 0 radical (unpaired) electrons. The molecule has 1 aromatic heterocycles. The van der Waals surface area contributed by atoms with Crippen molar-refractivity contribution >= 4 is 27.7 Å². The number of fused-ring (bicyclic) bond motifs is 1. The lowest BCUT2D eigenvalue weighted by Gasteiger charge is -2.31. The molecule has 3 heterocycles.